The maximum Gasteiger partial charge on any atom is 0.0340 e. The molecule has 0 radical (unpaired) electrons. The molecule has 2 heteroatoms. The van der Waals surface area contributed by atoms with Crippen molar-refractivity contribution >= 4 is 6.08 Å². The number of pyridine rings is 1. The van der Waals surface area contributed by atoms with Gasteiger partial charge in [0.25, 0.3) is 0 Å². The minimum atomic E-state index is 0.843. The molecule has 3 aliphatic rings. The summed E-state index contributed by atoms with van der Waals surface area (Å²) in [6.07, 6.45) is 8.82. The number of hydrogen-bond acceptors (Lipinski definition) is 2. The number of nitrogens with zero attached hydrogens (tertiary/aromatic N) is 2. The third-order valence-corrected chi connectivity index (χ3v) is 3.55. The van der Waals surface area contributed by atoms with Gasteiger partial charge in [-0.05, 0) is 43.5 Å². The summed E-state index contributed by atoms with van der Waals surface area (Å²) in [6.45, 7) is 3.78. The van der Waals surface area contributed by atoms with Gasteiger partial charge >= 0.3 is 0 Å². The van der Waals surface area contributed by atoms with Crippen LogP contribution < -0.4 is 0 Å². The van der Waals surface area contributed by atoms with Gasteiger partial charge in [-0.3, -0.25) is 9.88 Å². The number of piperidine rings is 3. The fraction of sp³-hybridized carbons (Fsp3) is 0.462. The molecule has 2 nitrogen and oxygen atoms in total. The Morgan fingerprint density at radius 3 is 2.80 bits per heavy atom. The van der Waals surface area contributed by atoms with E-state index < -0.39 is 0 Å². The summed E-state index contributed by atoms with van der Waals surface area (Å²) in [5.41, 5.74) is 2.86. The standard InChI is InChI=1S/C13H16N2/c1-2-11(9-14-5-1)8-13-10-15-6-3-12(13)4-7-15/h1-2,5,8-9,12H,3-4,6-7,10H2/b13-8-. The second-order valence-electron chi connectivity index (χ2n) is 4.56. The highest BCUT2D eigenvalue weighted by atomic mass is 15.1. The van der Waals surface area contributed by atoms with Crippen molar-refractivity contribution in [2.75, 3.05) is 19.6 Å². The molecule has 1 aromatic heterocycles. The molecule has 78 valence electrons. The maximum atomic E-state index is 4.15. The molecule has 0 aliphatic carbocycles. The van der Waals surface area contributed by atoms with E-state index in [0.29, 0.717) is 0 Å². The van der Waals surface area contributed by atoms with Crippen LogP contribution in [-0.4, -0.2) is 29.5 Å². The monoisotopic (exact) mass is 200 g/mol. The number of fused-ring (bicyclic) bond motifs is 3. The molecule has 0 amide bonds. The third kappa shape index (κ3) is 1.82. The molecule has 0 N–H and O–H groups in total. The summed E-state index contributed by atoms with van der Waals surface area (Å²) >= 11 is 0. The van der Waals surface area contributed by atoms with E-state index in [9.17, 15) is 0 Å². The van der Waals surface area contributed by atoms with Crippen LogP contribution >= 0.6 is 0 Å². The Morgan fingerprint density at radius 2 is 2.20 bits per heavy atom. The summed E-state index contributed by atoms with van der Waals surface area (Å²) in [7, 11) is 0. The Morgan fingerprint density at radius 1 is 1.33 bits per heavy atom. The molecular weight excluding hydrogens is 184 g/mol. The lowest BCUT2D eigenvalue weighted by molar-refractivity contribution is 0.163. The lowest BCUT2D eigenvalue weighted by Gasteiger charge is -2.41. The first-order valence-electron chi connectivity index (χ1n) is 5.75. The van der Waals surface area contributed by atoms with E-state index in [1.54, 1.807) is 5.57 Å². The van der Waals surface area contributed by atoms with Crippen molar-refractivity contribution < 1.29 is 0 Å². The van der Waals surface area contributed by atoms with Crippen molar-refractivity contribution in [2.24, 2.45) is 5.92 Å². The minimum absolute atomic E-state index is 0.843. The van der Waals surface area contributed by atoms with Gasteiger partial charge in [-0.25, -0.2) is 0 Å². The molecule has 15 heavy (non-hydrogen) atoms. The van der Waals surface area contributed by atoms with E-state index in [1.807, 2.05) is 18.5 Å². The second-order valence-corrected chi connectivity index (χ2v) is 4.56. The van der Waals surface area contributed by atoms with Crippen LogP contribution in [0.2, 0.25) is 0 Å². The molecule has 0 saturated carbocycles. The van der Waals surface area contributed by atoms with Crippen LogP contribution in [0.15, 0.2) is 30.1 Å². The molecule has 3 fully saturated rings. The van der Waals surface area contributed by atoms with E-state index in [0.717, 1.165) is 5.92 Å². The van der Waals surface area contributed by atoms with Crippen molar-refractivity contribution in [1.29, 1.82) is 0 Å². The summed E-state index contributed by atoms with van der Waals surface area (Å²) < 4.78 is 0. The molecular formula is C13H16N2. The molecule has 0 aromatic carbocycles. The normalized spacial score (nSPS) is 32.1. The van der Waals surface area contributed by atoms with Gasteiger partial charge in [0, 0.05) is 18.9 Å². The molecule has 3 saturated heterocycles. The van der Waals surface area contributed by atoms with E-state index in [1.165, 1.54) is 38.0 Å². The first-order chi connectivity index (χ1) is 7.42. The lowest BCUT2D eigenvalue weighted by Crippen LogP contribution is -2.42. The molecule has 0 spiro atoms. The highest BCUT2D eigenvalue weighted by molar-refractivity contribution is 5.53. The van der Waals surface area contributed by atoms with Gasteiger partial charge in [-0.1, -0.05) is 17.7 Å². The predicted octanol–water partition coefficient (Wildman–Crippen LogP) is 2.19. The summed E-state index contributed by atoms with van der Waals surface area (Å²) in [5, 5.41) is 0. The van der Waals surface area contributed by atoms with Crippen LogP contribution in [0.5, 0.6) is 0 Å². The average Bonchev–Trinajstić information content (AvgIpc) is 2.32. The molecule has 4 rings (SSSR count). The molecule has 4 heterocycles. The van der Waals surface area contributed by atoms with Crippen LogP contribution in [-0.2, 0) is 0 Å². The van der Waals surface area contributed by atoms with Crippen molar-refractivity contribution in [3.63, 3.8) is 0 Å². The van der Waals surface area contributed by atoms with Gasteiger partial charge in [-0.2, -0.15) is 0 Å². The van der Waals surface area contributed by atoms with Gasteiger partial charge in [0.15, 0.2) is 0 Å². The van der Waals surface area contributed by atoms with Crippen LogP contribution in [0.25, 0.3) is 6.08 Å². The second kappa shape index (κ2) is 3.78. The number of hydrogen-bond donors (Lipinski definition) is 0. The largest absolute Gasteiger partial charge is 0.299 e. The maximum absolute atomic E-state index is 4.15. The van der Waals surface area contributed by atoms with E-state index in [2.05, 4.69) is 22.0 Å². The van der Waals surface area contributed by atoms with Gasteiger partial charge in [-0.15, -0.1) is 0 Å². The highest BCUT2D eigenvalue weighted by Crippen LogP contribution is 2.32. The first kappa shape index (κ1) is 9.10. The smallest absolute Gasteiger partial charge is 0.0340 e. The van der Waals surface area contributed by atoms with E-state index in [4.69, 9.17) is 0 Å². The fourth-order valence-corrected chi connectivity index (χ4v) is 2.69. The molecule has 1 aromatic rings. The van der Waals surface area contributed by atoms with Crippen molar-refractivity contribution in [2.45, 2.75) is 12.8 Å². The zero-order valence-corrected chi connectivity index (χ0v) is 8.89. The van der Waals surface area contributed by atoms with Gasteiger partial charge in [0.05, 0.1) is 0 Å². The predicted molar refractivity (Wildman–Crippen MR) is 61.4 cm³/mol. The van der Waals surface area contributed by atoms with Gasteiger partial charge in [0.1, 0.15) is 0 Å². The highest BCUT2D eigenvalue weighted by Gasteiger charge is 2.28. The van der Waals surface area contributed by atoms with Crippen molar-refractivity contribution in [1.82, 2.24) is 9.88 Å². The topological polar surface area (TPSA) is 16.1 Å². The Labute approximate surface area is 90.6 Å². The summed E-state index contributed by atoms with van der Waals surface area (Å²) in [5.74, 6) is 0.843. The SMILES string of the molecule is C(=C1\CN2CCC1CC2)/c1cccnc1. The summed E-state index contributed by atoms with van der Waals surface area (Å²) in [6, 6.07) is 4.14. The van der Waals surface area contributed by atoms with Gasteiger partial charge < -0.3 is 0 Å². The first-order valence-corrected chi connectivity index (χ1v) is 5.75. The Balaban J connectivity index is 1.85. The zero-order chi connectivity index (χ0) is 10.1. The Hall–Kier alpha value is -1.15. The van der Waals surface area contributed by atoms with Crippen molar-refractivity contribution in [3.05, 3.63) is 35.7 Å². The van der Waals surface area contributed by atoms with E-state index in [-0.39, 0.29) is 0 Å². The molecule has 0 unspecified atom stereocenters. The third-order valence-electron chi connectivity index (χ3n) is 3.55. The van der Waals surface area contributed by atoms with Crippen LogP contribution in [0.4, 0.5) is 0 Å². The number of rotatable bonds is 1. The lowest BCUT2D eigenvalue weighted by atomic mass is 9.83. The molecule has 3 aliphatic heterocycles. The minimum Gasteiger partial charge on any atom is -0.299 e. The van der Waals surface area contributed by atoms with E-state index >= 15 is 0 Å². The zero-order valence-electron chi connectivity index (χ0n) is 8.89. The molecule has 2 bridgehead atoms. The Bertz CT molecular complexity index is 361. The van der Waals surface area contributed by atoms with Crippen molar-refractivity contribution in [3.8, 4) is 0 Å². The van der Waals surface area contributed by atoms with Gasteiger partial charge in [0.2, 0.25) is 0 Å². The number of aromatic nitrogens is 1. The Kier molecular flexibility index (Phi) is 2.29. The van der Waals surface area contributed by atoms with Crippen LogP contribution in [0.3, 0.4) is 0 Å². The summed E-state index contributed by atoms with van der Waals surface area (Å²) in [4.78, 5) is 6.71. The average molecular weight is 200 g/mol. The molecule has 0 atom stereocenters. The van der Waals surface area contributed by atoms with Crippen LogP contribution in [0.1, 0.15) is 18.4 Å². The van der Waals surface area contributed by atoms with Crippen LogP contribution in [0, 0.1) is 5.92 Å². The quantitative estimate of drug-likeness (QED) is 0.691. The fourth-order valence-electron chi connectivity index (χ4n) is 2.69.